The fraction of sp³-hybridized carbons (Fsp3) is 0.706. The summed E-state index contributed by atoms with van der Waals surface area (Å²) in [5, 5.41) is 9.21. The molecule has 128 valence electrons. The van der Waals surface area contributed by atoms with Crippen LogP contribution in [0.2, 0.25) is 0 Å². The summed E-state index contributed by atoms with van der Waals surface area (Å²) < 4.78 is 5.70. The topological polar surface area (TPSA) is 48.9 Å². The van der Waals surface area contributed by atoms with Crippen molar-refractivity contribution in [1.82, 2.24) is 15.5 Å². The quantitative estimate of drug-likeness (QED) is 0.639. The van der Waals surface area contributed by atoms with E-state index < -0.39 is 0 Å². The fourth-order valence-electron chi connectivity index (χ4n) is 3.15. The molecule has 0 radical (unpaired) electrons. The molecule has 1 aromatic heterocycles. The van der Waals surface area contributed by atoms with Crippen molar-refractivity contribution in [1.29, 1.82) is 0 Å². The van der Waals surface area contributed by atoms with Gasteiger partial charge in [0.2, 0.25) is 0 Å². The second kappa shape index (κ2) is 8.13. The number of guanidine groups is 1. The molecule has 1 saturated heterocycles. The number of thiophene rings is 1. The maximum atomic E-state index is 5.70. The number of hydrogen-bond acceptors (Lipinski definition) is 4. The molecule has 1 aliphatic carbocycles. The third-order valence-electron chi connectivity index (χ3n) is 4.72. The molecule has 3 rings (SSSR count). The Kier molecular flexibility index (Phi) is 5.91. The average molecular weight is 337 g/mol. The highest BCUT2D eigenvalue weighted by atomic mass is 32.1. The molecule has 1 saturated carbocycles. The number of rotatable bonds is 5. The minimum atomic E-state index is 0.304. The average Bonchev–Trinajstić information content (AvgIpc) is 3.03. The van der Waals surface area contributed by atoms with E-state index in [9.17, 15) is 0 Å². The number of ether oxygens (including phenoxy) is 1. The van der Waals surface area contributed by atoms with Gasteiger partial charge in [0.25, 0.3) is 0 Å². The van der Waals surface area contributed by atoms with Crippen LogP contribution in [0.1, 0.15) is 37.1 Å². The van der Waals surface area contributed by atoms with Crippen LogP contribution < -0.4 is 10.6 Å². The first-order valence-corrected chi connectivity index (χ1v) is 9.50. The van der Waals surface area contributed by atoms with Crippen molar-refractivity contribution in [2.75, 3.05) is 33.3 Å². The van der Waals surface area contributed by atoms with Crippen LogP contribution >= 0.6 is 11.3 Å². The van der Waals surface area contributed by atoms with Gasteiger partial charge in [0.1, 0.15) is 0 Å². The third-order valence-corrected chi connectivity index (χ3v) is 5.69. The highest BCUT2D eigenvalue weighted by Crippen LogP contribution is 2.26. The Morgan fingerprint density at radius 2 is 2.39 bits per heavy atom. The van der Waals surface area contributed by atoms with Crippen molar-refractivity contribution in [2.24, 2.45) is 4.99 Å². The number of morpholine rings is 1. The van der Waals surface area contributed by atoms with Gasteiger partial charge in [-0.3, -0.25) is 9.89 Å². The molecule has 2 fully saturated rings. The summed E-state index contributed by atoms with van der Waals surface area (Å²) >= 11 is 1.83. The number of nitrogens with zero attached hydrogens (tertiary/aromatic N) is 2. The van der Waals surface area contributed by atoms with Gasteiger partial charge in [0, 0.05) is 37.6 Å². The second-order valence-corrected chi connectivity index (χ2v) is 7.41. The van der Waals surface area contributed by atoms with Crippen LogP contribution in [0.15, 0.2) is 22.5 Å². The first-order valence-electron chi connectivity index (χ1n) is 8.62. The molecular formula is C17H28N4OS. The normalized spacial score (nSPS) is 25.0. The van der Waals surface area contributed by atoms with Crippen LogP contribution in [-0.4, -0.2) is 56.3 Å². The van der Waals surface area contributed by atoms with Gasteiger partial charge in [-0.05, 0) is 37.6 Å². The van der Waals surface area contributed by atoms with E-state index in [1.807, 2.05) is 18.4 Å². The molecule has 6 heteroatoms. The molecule has 0 amide bonds. The lowest BCUT2D eigenvalue weighted by Gasteiger charge is -2.37. The lowest BCUT2D eigenvalue weighted by Crippen LogP contribution is -2.50. The molecule has 1 aliphatic heterocycles. The lowest BCUT2D eigenvalue weighted by molar-refractivity contribution is -0.0334. The van der Waals surface area contributed by atoms with Gasteiger partial charge in [-0.25, -0.2) is 0 Å². The first kappa shape index (κ1) is 16.7. The third kappa shape index (κ3) is 4.46. The smallest absolute Gasteiger partial charge is 0.191 e. The molecule has 0 spiro atoms. The number of hydrogen-bond donors (Lipinski definition) is 2. The van der Waals surface area contributed by atoms with Crippen LogP contribution in [0.5, 0.6) is 0 Å². The molecule has 23 heavy (non-hydrogen) atoms. The van der Waals surface area contributed by atoms with E-state index in [0.29, 0.717) is 18.2 Å². The predicted octanol–water partition coefficient (Wildman–Crippen LogP) is 2.23. The van der Waals surface area contributed by atoms with E-state index in [2.05, 4.69) is 45.0 Å². The van der Waals surface area contributed by atoms with Crippen LogP contribution in [0.3, 0.4) is 0 Å². The summed E-state index contributed by atoms with van der Waals surface area (Å²) in [7, 11) is 1.85. The Bertz CT molecular complexity index is 501. The first-order chi connectivity index (χ1) is 11.3. The molecule has 2 N–H and O–H groups in total. The van der Waals surface area contributed by atoms with E-state index in [-0.39, 0.29) is 0 Å². The van der Waals surface area contributed by atoms with Gasteiger partial charge in [-0.2, -0.15) is 0 Å². The van der Waals surface area contributed by atoms with Crippen LogP contribution in [0.25, 0.3) is 0 Å². The minimum absolute atomic E-state index is 0.304. The van der Waals surface area contributed by atoms with E-state index in [1.54, 1.807) is 0 Å². The summed E-state index contributed by atoms with van der Waals surface area (Å²) in [6.45, 7) is 5.82. The summed E-state index contributed by atoms with van der Waals surface area (Å²) in [6, 6.07) is 5.35. The Balaban J connectivity index is 1.61. The Morgan fingerprint density at radius 1 is 1.52 bits per heavy atom. The van der Waals surface area contributed by atoms with Crippen LogP contribution in [0, 0.1) is 0 Å². The van der Waals surface area contributed by atoms with Crippen LogP contribution in [0.4, 0.5) is 0 Å². The van der Waals surface area contributed by atoms with E-state index in [4.69, 9.17) is 4.74 Å². The molecule has 2 atom stereocenters. The maximum Gasteiger partial charge on any atom is 0.191 e. The molecule has 5 nitrogen and oxygen atoms in total. The van der Waals surface area contributed by atoms with Crippen molar-refractivity contribution in [3.05, 3.63) is 22.4 Å². The highest BCUT2D eigenvalue weighted by molar-refractivity contribution is 7.10. The monoisotopic (exact) mass is 336 g/mol. The SMILES string of the molecule is CN=C(NCC(c1cccs1)N1CCOC(C)C1)NC1CCC1. The van der Waals surface area contributed by atoms with Crippen molar-refractivity contribution < 1.29 is 4.74 Å². The van der Waals surface area contributed by atoms with E-state index in [0.717, 1.165) is 32.2 Å². The molecule has 2 unspecified atom stereocenters. The summed E-state index contributed by atoms with van der Waals surface area (Å²) in [5.41, 5.74) is 0. The van der Waals surface area contributed by atoms with Gasteiger partial charge in [-0.15, -0.1) is 11.3 Å². The van der Waals surface area contributed by atoms with Crippen molar-refractivity contribution in [3.8, 4) is 0 Å². The van der Waals surface area contributed by atoms with Gasteiger partial charge in [0.05, 0.1) is 18.8 Å². The largest absolute Gasteiger partial charge is 0.376 e. The zero-order chi connectivity index (χ0) is 16.1. The van der Waals surface area contributed by atoms with Crippen molar-refractivity contribution >= 4 is 17.3 Å². The number of nitrogens with one attached hydrogen (secondary N) is 2. The zero-order valence-electron chi connectivity index (χ0n) is 14.1. The van der Waals surface area contributed by atoms with Gasteiger partial charge in [0.15, 0.2) is 5.96 Å². The Hall–Kier alpha value is -1.11. The summed E-state index contributed by atoms with van der Waals surface area (Å²) in [5.74, 6) is 0.928. The molecule has 0 aromatic carbocycles. The van der Waals surface area contributed by atoms with Crippen molar-refractivity contribution in [2.45, 2.75) is 44.4 Å². The van der Waals surface area contributed by atoms with E-state index in [1.165, 1.54) is 24.1 Å². The van der Waals surface area contributed by atoms with Crippen LogP contribution in [-0.2, 0) is 4.74 Å². The molecule has 1 aromatic rings. The predicted molar refractivity (Wildman–Crippen MR) is 96.2 cm³/mol. The molecular weight excluding hydrogens is 308 g/mol. The maximum absolute atomic E-state index is 5.70. The standard InChI is InChI=1S/C17H28N4OS/c1-13-12-21(8-9-22-13)15(16-7-4-10-23-16)11-19-17(18-2)20-14-5-3-6-14/h4,7,10,13-15H,3,5-6,8-9,11-12H2,1-2H3,(H2,18,19,20). The molecule has 2 aliphatic rings. The van der Waals surface area contributed by atoms with Gasteiger partial charge < -0.3 is 15.4 Å². The minimum Gasteiger partial charge on any atom is -0.376 e. The lowest BCUT2D eigenvalue weighted by atomic mass is 9.93. The fourth-order valence-corrected chi connectivity index (χ4v) is 4.01. The highest BCUT2D eigenvalue weighted by Gasteiger charge is 2.27. The Morgan fingerprint density at radius 3 is 3.00 bits per heavy atom. The number of aliphatic imine (C=N–C) groups is 1. The summed E-state index contributed by atoms with van der Waals surface area (Å²) in [4.78, 5) is 8.32. The van der Waals surface area contributed by atoms with Gasteiger partial charge >= 0.3 is 0 Å². The second-order valence-electron chi connectivity index (χ2n) is 6.43. The zero-order valence-corrected chi connectivity index (χ0v) is 14.9. The molecule has 2 heterocycles. The Labute approximate surface area is 143 Å². The summed E-state index contributed by atoms with van der Waals surface area (Å²) in [6.07, 6.45) is 4.16. The molecule has 0 bridgehead atoms. The van der Waals surface area contributed by atoms with E-state index >= 15 is 0 Å². The van der Waals surface area contributed by atoms with Gasteiger partial charge in [-0.1, -0.05) is 6.07 Å². The van der Waals surface area contributed by atoms with Crippen molar-refractivity contribution in [3.63, 3.8) is 0 Å².